The third-order valence-corrected chi connectivity index (χ3v) is 3.21. The van der Waals surface area contributed by atoms with E-state index in [0.717, 1.165) is 31.6 Å². The molecule has 2 aromatic heterocycles. The number of hydrogen-bond acceptors (Lipinski definition) is 4. The predicted molar refractivity (Wildman–Crippen MR) is 78.1 cm³/mol. The Bertz CT molecular complexity index is 663. The lowest BCUT2D eigenvalue weighted by Gasteiger charge is -2.06. The van der Waals surface area contributed by atoms with Gasteiger partial charge in [0.25, 0.3) is 0 Å². The maximum Gasteiger partial charge on any atom is 0.0702 e. The van der Waals surface area contributed by atoms with Gasteiger partial charge in [-0.05, 0) is 36.7 Å². The summed E-state index contributed by atoms with van der Waals surface area (Å²) in [6.07, 6.45) is 6.45. The average molecular weight is 267 g/mol. The van der Waals surface area contributed by atoms with Crippen molar-refractivity contribution in [2.45, 2.75) is 19.5 Å². The normalized spacial score (nSPS) is 11.0. The molecular formula is C15H17N5. The first-order valence-corrected chi connectivity index (χ1v) is 6.80. The highest BCUT2D eigenvalue weighted by Crippen LogP contribution is 2.12. The number of fused-ring (bicyclic) bond motifs is 1. The van der Waals surface area contributed by atoms with E-state index in [9.17, 15) is 0 Å². The van der Waals surface area contributed by atoms with Gasteiger partial charge in [0.15, 0.2) is 0 Å². The summed E-state index contributed by atoms with van der Waals surface area (Å²) in [6.45, 7) is 2.74. The van der Waals surface area contributed by atoms with E-state index in [0.29, 0.717) is 0 Å². The third kappa shape index (κ3) is 3.19. The molecule has 3 aromatic rings. The second-order valence-electron chi connectivity index (χ2n) is 4.73. The summed E-state index contributed by atoms with van der Waals surface area (Å²) in [6, 6.07) is 10.4. The predicted octanol–water partition coefficient (Wildman–Crippen LogP) is 2.01. The fraction of sp³-hybridized carbons (Fsp3) is 0.267. The Morgan fingerprint density at radius 1 is 1.15 bits per heavy atom. The molecule has 0 fully saturated rings. The first kappa shape index (κ1) is 12.7. The highest BCUT2D eigenvalue weighted by atomic mass is 15.4. The zero-order valence-corrected chi connectivity index (χ0v) is 11.2. The van der Waals surface area contributed by atoms with E-state index in [2.05, 4.69) is 44.9 Å². The van der Waals surface area contributed by atoms with Crippen molar-refractivity contribution in [3.05, 3.63) is 54.5 Å². The Morgan fingerprint density at radius 2 is 2.15 bits per heavy atom. The Hall–Kier alpha value is -2.27. The average Bonchev–Trinajstić information content (AvgIpc) is 3.00. The Morgan fingerprint density at radius 3 is 3.05 bits per heavy atom. The van der Waals surface area contributed by atoms with Crippen molar-refractivity contribution in [1.82, 2.24) is 25.3 Å². The van der Waals surface area contributed by atoms with E-state index >= 15 is 0 Å². The molecule has 0 aliphatic rings. The molecule has 1 aromatic carbocycles. The van der Waals surface area contributed by atoms with Crippen LogP contribution in [0.5, 0.6) is 0 Å². The number of aryl methyl sites for hydroxylation is 1. The van der Waals surface area contributed by atoms with Crippen LogP contribution in [-0.2, 0) is 13.1 Å². The molecule has 5 heteroatoms. The van der Waals surface area contributed by atoms with E-state index in [1.165, 1.54) is 10.9 Å². The van der Waals surface area contributed by atoms with Crippen LogP contribution in [0.2, 0.25) is 0 Å². The van der Waals surface area contributed by atoms with Gasteiger partial charge in [0.1, 0.15) is 0 Å². The number of benzene rings is 1. The van der Waals surface area contributed by atoms with Crippen LogP contribution in [-0.4, -0.2) is 26.5 Å². The van der Waals surface area contributed by atoms with E-state index in [1.54, 1.807) is 6.20 Å². The van der Waals surface area contributed by atoms with Crippen LogP contribution in [0, 0.1) is 0 Å². The maximum absolute atomic E-state index is 4.32. The molecule has 0 radical (unpaired) electrons. The molecule has 0 amide bonds. The van der Waals surface area contributed by atoms with Crippen LogP contribution in [0.15, 0.2) is 48.9 Å². The van der Waals surface area contributed by atoms with Crippen molar-refractivity contribution in [1.29, 1.82) is 0 Å². The molecule has 20 heavy (non-hydrogen) atoms. The van der Waals surface area contributed by atoms with Gasteiger partial charge in [-0.2, -0.15) is 0 Å². The van der Waals surface area contributed by atoms with Gasteiger partial charge < -0.3 is 5.32 Å². The molecule has 0 aliphatic carbocycles. The monoisotopic (exact) mass is 267 g/mol. The lowest BCUT2D eigenvalue weighted by Crippen LogP contribution is -2.16. The van der Waals surface area contributed by atoms with E-state index in [1.807, 2.05) is 23.1 Å². The van der Waals surface area contributed by atoms with Gasteiger partial charge in [-0.3, -0.25) is 9.67 Å². The van der Waals surface area contributed by atoms with Crippen LogP contribution in [0.3, 0.4) is 0 Å². The molecule has 3 rings (SSSR count). The number of hydrogen-bond donors (Lipinski definition) is 1. The van der Waals surface area contributed by atoms with E-state index in [4.69, 9.17) is 0 Å². The van der Waals surface area contributed by atoms with E-state index in [-0.39, 0.29) is 0 Å². The second kappa shape index (κ2) is 6.25. The van der Waals surface area contributed by atoms with Crippen molar-refractivity contribution in [3.8, 4) is 0 Å². The molecule has 0 aliphatic heterocycles. The Kier molecular flexibility index (Phi) is 3.99. The summed E-state index contributed by atoms with van der Waals surface area (Å²) < 4.78 is 1.85. The van der Waals surface area contributed by atoms with Crippen molar-refractivity contribution >= 4 is 10.9 Å². The molecule has 2 heterocycles. The quantitative estimate of drug-likeness (QED) is 0.694. The van der Waals surface area contributed by atoms with Crippen LogP contribution in [0.25, 0.3) is 10.9 Å². The van der Waals surface area contributed by atoms with Crippen molar-refractivity contribution < 1.29 is 0 Å². The van der Waals surface area contributed by atoms with Crippen LogP contribution < -0.4 is 5.32 Å². The van der Waals surface area contributed by atoms with Gasteiger partial charge in [0.2, 0.25) is 0 Å². The van der Waals surface area contributed by atoms with Gasteiger partial charge in [0.05, 0.1) is 11.7 Å². The molecule has 1 N–H and O–H groups in total. The summed E-state index contributed by atoms with van der Waals surface area (Å²) in [5.74, 6) is 0. The molecule has 5 nitrogen and oxygen atoms in total. The summed E-state index contributed by atoms with van der Waals surface area (Å²) in [4.78, 5) is 4.32. The second-order valence-corrected chi connectivity index (χ2v) is 4.73. The number of rotatable bonds is 6. The first-order chi connectivity index (χ1) is 9.92. The topological polar surface area (TPSA) is 55.6 Å². The lowest BCUT2D eigenvalue weighted by atomic mass is 10.1. The summed E-state index contributed by atoms with van der Waals surface area (Å²) in [5, 5.41) is 12.4. The molecule has 0 saturated carbocycles. The minimum absolute atomic E-state index is 0.877. The molecule has 102 valence electrons. The molecule has 0 saturated heterocycles. The fourth-order valence-electron chi connectivity index (χ4n) is 2.19. The molecular weight excluding hydrogens is 250 g/mol. The lowest BCUT2D eigenvalue weighted by molar-refractivity contribution is 0.530. The molecule has 0 spiro atoms. The minimum Gasteiger partial charge on any atom is -0.313 e. The summed E-state index contributed by atoms with van der Waals surface area (Å²) in [7, 11) is 0. The minimum atomic E-state index is 0.877. The Balaban J connectivity index is 1.47. The fourth-order valence-corrected chi connectivity index (χ4v) is 2.19. The van der Waals surface area contributed by atoms with Gasteiger partial charge in [-0.25, -0.2) is 0 Å². The number of nitrogens with one attached hydrogen (secondary N) is 1. The van der Waals surface area contributed by atoms with Crippen LogP contribution in [0.4, 0.5) is 0 Å². The first-order valence-electron chi connectivity index (χ1n) is 6.80. The van der Waals surface area contributed by atoms with Crippen molar-refractivity contribution in [2.24, 2.45) is 0 Å². The van der Waals surface area contributed by atoms with Gasteiger partial charge in [0, 0.05) is 30.9 Å². The van der Waals surface area contributed by atoms with E-state index < -0.39 is 0 Å². The van der Waals surface area contributed by atoms with Crippen LogP contribution >= 0.6 is 0 Å². The number of aromatic nitrogens is 4. The SMILES string of the molecule is c1cnc2ccc(CNCCCn3ccnn3)cc2c1. The van der Waals surface area contributed by atoms with Crippen LogP contribution in [0.1, 0.15) is 12.0 Å². The van der Waals surface area contributed by atoms with Gasteiger partial charge >= 0.3 is 0 Å². The number of pyridine rings is 1. The highest BCUT2D eigenvalue weighted by Gasteiger charge is 1.97. The summed E-state index contributed by atoms with van der Waals surface area (Å²) >= 11 is 0. The smallest absolute Gasteiger partial charge is 0.0702 e. The largest absolute Gasteiger partial charge is 0.313 e. The summed E-state index contributed by atoms with van der Waals surface area (Å²) in [5.41, 5.74) is 2.33. The maximum atomic E-state index is 4.32. The van der Waals surface area contributed by atoms with Gasteiger partial charge in [-0.15, -0.1) is 5.10 Å². The Labute approximate surface area is 117 Å². The zero-order chi connectivity index (χ0) is 13.6. The highest BCUT2D eigenvalue weighted by molar-refractivity contribution is 5.78. The van der Waals surface area contributed by atoms with Crippen molar-refractivity contribution in [2.75, 3.05) is 6.54 Å². The molecule has 0 unspecified atom stereocenters. The zero-order valence-electron chi connectivity index (χ0n) is 11.2. The number of nitrogens with zero attached hydrogens (tertiary/aromatic N) is 4. The standard InChI is InChI=1S/C15H17N5/c1-3-14-11-13(4-5-15(14)17-7-1)12-16-6-2-9-20-10-8-18-19-20/h1,3-5,7-8,10-11,16H,2,6,9,12H2. The van der Waals surface area contributed by atoms with Crippen molar-refractivity contribution in [3.63, 3.8) is 0 Å². The molecule has 0 bridgehead atoms. The van der Waals surface area contributed by atoms with Gasteiger partial charge in [-0.1, -0.05) is 17.3 Å². The third-order valence-electron chi connectivity index (χ3n) is 3.21. The molecule has 0 atom stereocenters.